The predicted molar refractivity (Wildman–Crippen MR) is 49.4 cm³/mol. The summed E-state index contributed by atoms with van der Waals surface area (Å²) in [4.78, 5) is 21.0. The topological polar surface area (TPSA) is 101 Å². The van der Waals surface area contributed by atoms with Crippen LogP contribution in [-0.4, -0.2) is 28.2 Å². The van der Waals surface area contributed by atoms with Gasteiger partial charge in [0.05, 0.1) is 5.92 Å². The third kappa shape index (κ3) is 4.48. The Labute approximate surface area is 81.9 Å². The van der Waals surface area contributed by atoms with E-state index in [2.05, 4.69) is 11.8 Å². The molecule has 0 aromatic rings. The Morgan fingerprint density at radius 1 is 1.36 bits per heavy atom. The second-order valence-corrected chi connectivity index (χ2v) is 2.85. The highest BCUT2D eigenvalue weighted by Gasteiger charge is 2.23. The average molecular weight is 199 g/mol. The molecule has 5 heteroatoms. The molecule has 0 fully saturated rings. The first kappa shape index (κ1) is 12.5. The van der Waals surface area contributed by atoms with Gasteiger partial charge in [-0.05, 0) is 13.3 Å². The Morgan fingerprint density at radius 3 is 2.29 bits per heavy atom. The fourth-order valence-corrected chi connectivity index (χ4v) is 0.904. The van der Waals surface area contributed by atoms with Crippen LogP contribution in [-0.2, 0) is 9.59 Å². The largest absolute Gasteiger partial charge is 0.481 e. The van der Waals surface area contributed by atoms with E-state index in [0.29, 0.717) is 0 Å². The molecule has 0 spiro atoms. The van der Waals surface area contributed by atoms with Gasteiger partial charge in [0.1, 0.15) is 6.04 Å². The molecule has 0 aliphatic rings. The van der Waals surface area contributed by atoms with E-state index in [-0.39, 0.29) is 12.8 Å². The Kier molecular flexibility index (Phi) is 5.34. The van der Waals surface area contributed by atoms with Crippen LogP contribution in [0.3, 0.4) is 0 Å². The second-order valence-electron chi connectivity index (χ2n) is 2.85. The van der Waals surface area contributed by atoms with Crippen LogP contribution in [0, 0.1) is 17.8 Å². The van der Waals surface area contributed by atoms with Crippen molar-refractivity contribution in [3.63, 3.8) is 0 Å². The summed E-state index contributed by atoms with van der Waals surface area (Å²) in [6, 6.07) is -1.14. The van der Waals surface area contributed by atoms with Crippen LogP contribution in [0.1, 0.15) is 19.8 Å². The van der Waals surface area contributed by atoms with Gasteiger partial charge in [0.2, 0.25) is 0 Å². The van der Waals surface area contributed by atoms with E-state index < -0.39 is 23.9 Å². The molecule has 0 unspecified atom stereocenters. The van der Waals surface area contributed by atoms with E-state index in [1.165, 1.54) is 0 Å². The van der Waals surface area contributed by atoms with Crippen LogP contribution < -0.4 is 5.73 Å². The van der Waals surface area contributed by atoms with E-state index in [1.807, 2.05) is 0 Å². The molecular weight excluding hydrogens is 186 g/mol. The molecule has 0 rings (SSSR count). The van der Waals surface area contributed by atoms with Gasteiger partial charge in [-0.25, -0.2) is 0 Å². The van der Waals surface area contributed by atoms with Gasteiger partial charge in [-0.3, -0.25) is 9.59 Å². The van der Waals surface area contributed by atoms with Crippen molar-refractivity contribution < 1.29 is 19.8 Å². The summed E-state index contributed by atoms with van der Waals surface area (Å²) in [5.74, 6) is 2.08. The number of nitrogens with two attached hydrogens (primary N) is 1. The number of rotatable bonds is 5. The predicted octanol–water partition coefficient (Wildman–Crippen LogP) is -0.0974. The van der Waals surface area contributed by atoms with Crippen molar-refractivity contribution in [3.8, 4) is 11.8 Å². The number of aliphatic carboxylic acids is 2. The monoisotopic (exact) mass is 199 g/mol. The fourth-order valence-electron chi connectivity index (χ4n) is 0.904. The van der Waals surface area contributed by atoms with Crippen molar-refractivity contribution >= 4 is 11.9 Å². The Balaban J connectivity index is 4.27. The van der Waals surface area contributed by atoms with Crippen molar-refractivity contribution in [3.05, 3.63) is 0 Å². The standard InChI is InChI=1S/C9H13NO4/c1-2-3-4-6(8(11)12)5-7(10)9(13)14/h6-7H,4-5,10H2,1H3,(H,11,12)(H,13,14)/t6-,7+/m1/s1. The molecule has 0 aliphatic carbocycles. The van der Waals surface area contributed by atoms with Gasteiger partial charge >= 0.3 is 11.9 Å². The number of hydrogen-bond donors (Lipinski definition) is 3. The molecule has 0 saturated heterocycles. The van der Waals surface area contributed by atoms with Crippen LogP contribution in [0.4, 0.5) is 0 Å². The summed E-state index contributed by atoms with van der Waals surface area (Å²) < 4.78 is 0. The lowest BCUT2D eigenvalue weighted by Gasteiger charge is -2.11. The Morgan fingerprint density at radius 2 is 1.93 bits per heavy atom. The summed E-state index contributed by atoms with van der Waals surface area (Å²) in [7, 11) is 0. The zero-order valence-corrected chi connectivity index (χ0v) is 7.86. The van der Waals surface area contributed by atoms with Crippen molar-refractivity contribution in [1.82, 2.24) is 0 Å². The molecule has 0 amide bonds. The second kappa shape index (κ2) is 6.00. The minimum atomic E-state index is -1.19. The van der Waals surface area contributed by atoms with Crippen LogP contribution in [0.5, 0.6) is 0 Å². The molecule has 0 aliphatic heterocycles. The van der Waals surface area contributed by atoms with Crippen molar-refractivity contribution in [2.45, 2.75) is 25.8 Å². The fraction of sp³-hybridized carbons (Fsp3) is 0.556. The molecule has 78 valence electrons. The minimum Gasteiger partial charge on any atom is -0.481 e. The van der Waals surface area contributed by atoms with Gasteiger partial charge in [-0.2, -0.15) is 0 Å². The van der Waals surface area contributed by atoms with Gasteiger partial charge in [-0.1, -0.05) is 0 Å². The molecular formula is C9H13NO4. The smallest absolute Gasteiger partial charge is 0.320 e. The minimum absolute atomic E-state index is 0.0979. The number of carboxylic acids is 2. The lowest BCUT2D eigenvalue weighted by Crippen LogP contribution is -2.34. The highest BCUT2D eigenvalue weighted by molar-refractivity contribution is 5.75. The maximum absolute atomic E-state index is 10.6. The lowest BCUT2D eigenvalue weighted by atomic mass is 9.97. The molecule has 5 nitrogen and oxygen atoms in total. The van der Waals surface area contributed by atoms with Crippen molar-refractivity contribution in [2.24, 2.45) is 11.7 Å². The Bertz CT molecular complexity index is 276. The van der Waals surface area contributed by atoms with E-state index in [9.17, 15) is 9.59 Å². The zero-order chi connectivity index (χ0) is 11.1. The average Bonchev–Trinajstić information content (AvgIpc) is 2.10. The van der Waals surface area contributed by atoms with E-state index in [0.717, 1.165) is 0 Å². The normalized spacial score (nSPS) is 13.6. The SMILES string of the molecule is CC#CC[C@H](C[C@H](N)C(=O)O)C(=O)O. The summed E-state index contributed by atoms with van der Waals surface area (Å²) in [5, 5.41) is 17.2. The third-order valence-electron chi connectivity index (χ3n) is 1.73. The van der Waals surface area contributed by atoms with Gasteiger partial charge < -0.3 is 15.9 Å². The molecule has 0 heterocycles. The first-order valence-electron chi connectivity index (χ1n) is 4.09. The van der Waals surface area contributed by atoms with Gasteiger partial charge in [0.15, 0.2) is 0 Å². The highest BCUT2D eigenvalue weighted by atomic mass is 16.4. The first-order valence-corrected chi connectivity index (χ1v) is 4.09. The molecule has 0 radical (unpaired) electrons. The Hall–Kier alpha value is -1.54. The summed E-state index contributed by atoms with van der Waals surface area (Å²) in [5.41, 5.74) is 5.22. The van der Waals surface area contributed by atoms with Crippen molar-refractivity contribution in [1.29, 1.82) is 0 Å². The zero-order valence-electron chi connectivity index (χ0n) is 7.86. The lowest BCUT2D eigenvalue weighted by molar-refractivity contribution is -0.143. The van der Waals surface area contributed by atoms with Crippen LogP contribution in [0.15, 0.2) is 0 Å². The van der Waals surface area contributed by atoms with Gasteiger partial charge in [0, 0.05) is 6.42 Å². The number of carboxylic acid groups (broad SMARTS) is 2. The molecule has 0 saturated carbocycles. The van der Waals surface area contributed by atoms with E-state index in [4.69, 9.17) is 15.9 Å². The molecule has 4 N–H and O–H groups in total. The summed E-state index contributed by atoms with van der Waals surface area (Å²) in [6.07, 6.45) is 0.0339. The molecule has 2 atom stereocenters. The molecule has 14 heavy (non-hydrogen) atoms. The molecule has 0 bridgehead atoms. The molecule has 0 aromatic heterocycles. The highest BCUT2D eigenvalue weighted by Crippen LogP contribution is 2.10. The van der Waals surface area contributed by atoms with Crippen LogP contribution in [0.2, 0.25) is 0 Å². The first-order chi connectivity index (χ1) is 6.49. The third-order valence-corrected chi connectivity index (χ3v) is 1.73. The van der Waals surface area contributed by atoms with Gasteiger partial charge in [0.25, 0.3) is 0 Å². The van der Waals surface area contributed by atoms with Gasteiger partial charge in [-0.15, -0.1) is 11.8 Å². The van der Waals surface area contributed by atoms with Crippen LogP contribution in [0.25, 0.3) is 0 Å². The maximum Gasteiger partial charge on any atom is 0.320 e. The maximum atomic E-state index is 10.6. The molecule has 0 aromatic carbocycles. The summed E-state index contributed by atoms with van der Waals surface area (Å²) >= 11 is 0. The number of carbonyl (C=O) groups is 2. The quantitative estimate of drug-likeness (QED) is 0.537. The van der Waals surface area contributed by atoms with E-state index >= 15 is 0 Å². The van der Waals surface area contributed by atoms with E-state index in [1.54, 1.807) is 6.92 Å². The van der Waals surface area contributed by atoms with Crippen molar-refractivity contribution in [2.75, 3.05) is 0 Å². The number of hydrogen-bond acceptors (Lipinski definition) is 3. The summed E-state index contributed by atoms with van der Waals surface area (Å²) in [6.45, 7) is 1.59. The van der Waals surface area contributed by atoms with Crippen LogP contribution >= 0.6 is 0 Å².